The average Bonchev–Trinajstić information content (AvgIpc) is 3.01. The van der Waals surface area contributed by atoms with Crippen LogP contribution in [0.4, 0.5) is 5.69 Å². The summed E-state index contributed by atoms with van der Waals surface area (Å²) in [5.74, 6) is 1.62. The molecule has 1 aliphatic heterocycles. The Morgan fingerprint density at radius 3 is 2.28 bits per heavy atom. The summed E-state index contributed by atoms with van der Waals surface area (Å²) in [6, 6.07) is 8.52. The number of hydrogen-bond donors (Lipinski definition) is 0. The SMILES string of the molecule is Cc1nc(-c2ccc(N3CCCC3)cc2)oc1C. The van der Waals surface area contributed by atoms with E-state index in [-0.39, 0.29) is 0 Å². The van der Waals surface area contributed by atoms with Gasteiger partial charge in [-0.15, -0.1) is 0 Å². The predicted molar refractivity (Wildman–Crippen MR) is 72.9 cm³/mol. The molecule has 1 fully saturated rings. The summed E-state index contributed by atoms with van der Waals surface area (Å²) in [6.07, 6.45) is 2.61. The third-order valence-electron chi connectivity index (χ3n) is 3.61. The molecule has 1 aromatic carbocycles. The Hall–Kier alpha value is -1.77. The molecule has 0 spiro atoms. The summed E-state index contributed by atoms with van der Waals surface area (Å²) in [4.78, 5) is 6.85. The molecule has 3 heteroatoms. The first-order valence-electron chi connectivity index (χ1n) is 6.53. The predicted octanol–water partition coefficient (Wildman–Crippen LogP) is 3.56. The third-order valence-corrected chi connectivity index (χ3v) is 3.61. The van der Waals surface area contributed by atoms with Crippen molar-refractivity contribution in [2.45, 2.75) is 26.7 Å². The van der Waals surface area contributed by atoms with Crippen LogP contribution in [0.25, 0.3) is 11.5 Å². The Balaban J connectivity index is 1.86. The number of aromatic nitrogens is 1. The van der Waals surface area contributed by atoms with E-state index < -0.39 is 0 Å². The van der Waals surface area contributed by atoms with Gasteiger partial charge in [-0.2, -0.15) is 0 Å². The van der Waals surface area contributed by atoms with Crippen LogP contribution in [0.2, 0.25) is 0 Å². The number of nitrogens with zero attached hydrogens (tertiary/aromatic N) is 2. The van der Waals surface area contributed by atoms with Crippen molar-refractivity contribution in [1.82, 2.24) is 4.98 Å². The first-order valence-corrected chi connectivity index (χ1v) is 6.53. The van der Waals surface area contributed by atoms with E-state index in [1.165, 1.54) is 31.6 Å². The van der Waals surface area contributed by atoms with Crippen molar-refractivity contribution >= 4 is 5.69 Å². The van der Waals surface area contributed by atoms with Gasteiger partial charge in [0.05, 0.1) is 5.69 Å². The van der Waals surface area contributed by atoms with Crippen molar-refractivity contribution in [3.05, 3.63) is 35.7 Å². The highest BCUT2D eigenvalue weighted by molar-refractivity contribution is 5.60. The largest absolute Gasteiger partial charge is 0.441 e. The number of aryl methyl sites for hydroxylation is 2. The Kier molecular flexibility index (Phi) is 2.82. The van der Waals surface area contributed by atoms with E-state index >= 15 is 0 Å². The van der Waals surface area contributed by atoms with Gasteiger partial charge in [-0.05, 0) is 51.0 Å². The summed E-state index contributed by atoms with van der Waals surface area (Å²) in [5, 5.41) is 0. The fourth-order valence-electron chi connectivity index (χ4n) is 2.39. The molecule has 0 N–H and O–H groups in total. The van der Waals surface area contributed by atoms with E-state index in [0.29, 0.717) is 0 Å². The topological polar surface area (TPSA) is 29.3 Å². The summed E-state index contributed by atoms with van der Waals surface area (Å²) in [5.41, 5.74) is 3.32. The van der Waals surface area contributed by atoms with Crippen LogP contribution < -0.4 is 4.90 Å². The molecule has 2 heterocycles. The van der Waals surface area contributed by atoms with E-state index in [0.717, 1.165) is 22.9 Å². The molecule has 1 aliphatic rings. The van der Waals surface area contributed by atoms with Crippen LogP contribution in [0.1, 0.15) is 24.3 Å². The molecule has 0 amide bonds. The van der Waals surface area contributed by atoms with E-state index in [2.05, 4.69) is 34.1 Å². The molecule has 94 valence electrons. The van der Waals surface area contributed by atoms with Crippen LogP contribution in [0, 0.1) is 13.8 Å². The van der Waals surface area contributed by atoms with Gasteiger partial charge >= 0.3 is 0 Å². The van der Waals surface area contributed by atoms with Crippen LogP contribution in [0.3, 0.4) is 0 Å². The molecule has 1 saturated heterocycles. The van der Waals surface area contributed by atoms with Gasteiger partial charge in [-0.1, -0.05) is 0 Å². The average molecular weight is 242 g/mol. The van der Waals surface area contributed by atoms with Crippen molar-refractivity contribution in [3.63, 3.8) is 0 Å². The second-order valence-electron chi connectivity index (χ2n) is 4.90. The number of hydrogen-bond acceptors (Lipinski definition) is 3. The highest BCUT2D eigenvalue weighted by Crippen LogP contribution is 2.26. The first kappa shape index (κ1) is 11.3. The van der Waals surface area contributed by atoms with E-state index in [4.69, 9.17) is 4.42 Å². The van der Waals surface area contributed by atoms with Crippen molar-refractivity contribution in [3.8, 4) is 11.5 Å². The van der Waals surface area contributed by atoms with Crippen LogP contribution >= 0.6 is 0 Å². The quantitative estimate of drug-likeness (QED) is 0.806. The molecule has 0 atom stereocenters. The van der Waals surface area contributed by atoms with Gasteiger partial charge < -0.3 is 9.32 Å². The maximum absolute atomic E-state index is 5.64. The number of anilines is 1. The molecule has 3 rings (SSSR count). The van der Waals surface area contributed by atoms with Gasteiger partial charge in [-0.25, -0.2) is 4.98 Å². The monoisotopic (exact) mass is 242 g/mol. The van der Waals surface area contributed by atoms with Crippen molar-refractivity contribution in [2.75, 3.05) is 18.0 Å². The second kappa shape index (κ2) is 4.48. The number of oxazole rings is 1. The van der Waals surface area contributed by atoms with E-state index in [9.17, 15) is 0 Å². The lowest BCUT2D eigenvalue weighted by Crippen LogP contribution is -2.17. The highest BCUT2D eigenvalue weighted by Gasteiger charge is 2.13. The van der Waals surface area contributed by atoms with Crippen molar-refractivity contribution in [1.29, 1.82) is 0 Å². The summed E-state index contributed by atoms with van der Waals surface area (Å²) in [7, 11) is 0. The molecule has 1 aromatic heterocycles. The molecular weight excluding hydrogens is 224 g/mol. The molecule has 0 aliphatic carbocycles. The normalized spacial score (nSPS) is 15.3. The Bertz CT molecular complexity index is 517. The number of benzene rings is 1. The van der Waals surface area contributed by atoms with Crippen molar-refractivity contribution in [2.24, 2.45) is 0 Å². The van der Waals surface area contributed by atoms with E-state index in [1.54, 1.807) is 0 Å². The minimum Gasteiger partial charge on any atom is -0.441 e. The molecule has 3 nitrogen and oxygen atoms in total. The maximum Gasteiger partial charge on any atom is 0.226 e. The first-order chi connectivity index (χ1) is 8.74. The second-order valence-corrected chi connectivity index (χ2v) is 4.90. The molecular formula is C15H18N2O. The summed E-state index contributed by atoms with van der Waals surface area (Å²) in [6.45, 7) is 6.28. The molecule has 0 saturated carbocycles. The lowest BCUT2D eigenvalue weighted by atomic mass is 10.2. The molecule has 0 unspecified atom stereocenters. The van der Waals surface area contributed by atoms with Gasteiger partial charge in [0.2, 0.25) is 5.89 Å². The molecule has 0 bridgehead atoms. The Morgan fingerprint density at radius 2 is 1.72 bits per heavy atom. The fourth-order valence-corrected chi connectivity index (χ4v) is 2.39. The van der Waals surface area contributed by atoms with Gasteiger partial charge in [0.15, 0.2) is 0 Å². The van der Waals surface area contributed by atoms with Crippen molar-refractivity contribution < 1.29 is 4.42 Å². The zero-order valence-electron chi connectivity index (χ0n) is 10.9. The van der Waals surface area contributed by atoms with Crippen LogP contribution in [-0.4, -0.2) is 18.1 Å². The minimum atomic E-state index is 0.720. The van der Waals surface area contributed by atoms with Crippen LogP contribution in [0.5, 0.6) is 0 Å². The number of rotatable bonds is 2. The molecule has 2 aromatic rings. The van der Waals surface area contributed by atoms with Crippen LogP contribution in [0.15, 0.2) is 28.7 Å². The zero-order chi connectivity index (χ0) is 12.5. The van der Waals surface area contributed by atoms with Gasteiger partial charge in [-0.3, -0.25) is 0 Å². The summed E-state index contributed by atoms with van der Waals surface area (Å²) < 4.78 is 5.64. The minimum absolute atomic E-state index is 0.720. The molecule has 18 heavy (non-hydrogen) atoms. The van der Waals surface area contributed by atoms with Gasteiger partial charge in [0.25, 0.3) is 0 Å². The maximum atomic E-state index is 5.64. The Labute approximate surface area is 107 Å². The lowest BCUT2D eigenvalue weighted by molar-refractivity contribution is 0.541. The summed E-state index contributed by atoms with van der Waals surface area (Å²) >= 11 is 0. The Morgan fingerprint density at radius 1 is 1.06 bits per heavy atom. The van der Waals surface area contributed by atoms with Gasteiger partial charge in [0.1, 0.15) is 5.76 Å². The highest BCUT2D eigenvalue weighted by atomic mass is 16.4. The van der Waals surface area contributed by atoms with Gasteiger partial charge in [0, 0.05) is 24.3 Å². The standard InChI is InChI=1S/C15H18N2O/c1-11-12(2)18-15(16-11)13-5-7-14(8-6-13)17-9-3-4-10-17/h5-8H,3-4,9-10H2,1-2H3. The fraction of sp³-hybridized carbons (Fsp3) is 0.400. The smallest absolute Gasteiger partial charge is 0.226 e. The van der Waals surface area contributed by atoms with E-state index in [1.807, 2.05) is 13.8 Å². The van der Waals surface area contributed by atoms with Crippen LogP contribution in [-0.2, 0) is 0 Å². The lowest BCUT2D eigenvalue weighted by Gasteiger charge is -2.17. The molecule has 0 radical (unpaired) electrons. The zero-order valence-corrected chi connectivity index (χ0v) is 10.9. The third kappa shape index (κ3) is 2.01.